The molecule has 346 valence electrons. The zero-order valence-electron chi connectivity index (χ0n) is 37.0. The molecule has 1 heterocycles. The summed E-state index contributed by atoms with van der Waals surface area (Å²) < 4.78 is 21.6. The summed E-state index contributed by atoms with van der Waals surface area (Å²) in [4.78, 5) is 66.9. The van der Waals surface area contributed by atoms with Gasteiger partial charge in [-0.2, -0.15) is 0 Å². The van der Waals surface area contributed by atoms with E-state index < -0.39 is 17.9 Å². The van der Waals surface area contributed by atoms with Crippen LogP contribution in [0.5, 0.6) is 0 Å². The zero-order valence-corrected chi connectivity index (χ0v) is 37.0. The van der Waals surface area contributed by atoms with Crippen LogP contribution in [0.25, 0.3) is 0 Å². The molecule has 0 aliphatic heterocycles. The molecular weight excluding hydrogens is 771 g/mol. The lowest BCUT2D eigenvalue weighted by Gasteiger charge is -2.14. The molecule has 2 amide bonds. The predicted molar refractivity (Wildman–Crippen MR) is 233 cm³/mol. The molecule has 1 aromatic heterocycles. The van der Waals surface area contributed by atoms with E-state index in [1.165, 1.54) is 89.8 Å². The number of amides is 2. The molecule has 0 saturated heterocycles. The molecular formula is C45H81N5O10. The topological polar surface area (TPSA) is 221 Å². The molecule has 0 saturated carbocycles. The molecule has 1 rings (SSSR count). The number of carbonyl (C=O) groups is 5. The molecule has 0 spiro atoms. The largest absolute Gasteiger partial charge is 0.481 e. The van der Waals surface area contributed by atoms with Crippen molar-refractivity contribution in [2.45, 2.75) is 167 Å². The summed E-state index contributed by atoms with van der Waals surface area (Å²) in [5.41, 5.74) is 6.70. The highest BCUT2D eigenvalue weighted by molar-refractivity contribution is 5.84. The number of Topliss-reactive ketones (excluding diaryl/α,β-unsaturated/α-hetero) is 2. The van der Waals surface area contributed by atoms with E-state index in [9.17, 15) is 29.1 Å². The van der Waals surface area contributed by atoms with Crippen LogP contribution >= 0.6 is 0 Å². The fraction of sp³-hybridized carbons (Fsp3) is 0.822. The van der Waals surface area contributed by atoms with E-state index in [0.717, 1.165) is 18.5 Å². The molecule has 0 aliphatic carbocycles. The number of nitrogens with one attached hydrogen (secondary N) is 3. The zero-order chi connectivity index (χ0) is 43.7. The number of hydrogen-bond acceptors (Lipinski definition) is 11. The molecule has 0 unspecified atom stereocenters. The van der Waals surface area contributed by atoms with Crippen LogP contribution in [-0.2, 0) is 49.3 Å². The first-order valence-corrected chi connectivity index (χ1v) is 23.1. The molecule has 0 aliphatic rings. The van der Waals surface area contributed by atoms with Gasteiger partial charge in [0.05, 0.1) is 51.3 Å². The van der Waals surface area contributed by atoms with Crippen molar-refractivity contribution in [1.29, 1.82) is 0 Å². The molecule has 60 heavy (non-hydrogen) atoms. The Kier molecular flexibility index (Phi) is 36.4. The van der Waals surface area contributed by atoms with Crippen LogP contribution in [0, 0.1) is 5.92 Å². The second-order valence-corrected chi connectivity index (χ2v) is 15.8. The number of carboxylic acids is 1. The lowest BCUT2D eigenvalue weighted by atomic mass is 9.93. The summed E-state index contributed by atoms with van der Waals surface area (Å²) in [6.07, 6.45) is 27.0. The lowest BCUT2D eigenvalue weighted by Crippen LogP contribution is -2.33. The Labute approximate surface area is 360 Å². The second kappa shape index (κ2) is 39.9. The minimum atomic E-state index is -0.949. The van der Waals surface area contributed by atoms with Crippen molar-refractivity contribution < 1.29 is 48.0 Å². The highest BCUT2D eigenvalue weighted by Gasteiger charge is 2.21. The van der Waals surface area contributed by atoms with Gasteiger partial charge in [0.25, 0.3) is 0 Å². The van der Waals surface area contributed by atoms with Crippen LogP contribution in [0.15, 0.2) is 12.5 Å². The molecule has 0 fully saturated rings. The van der Waals surface area contributed by atoms with E-state index in [-0.39, 0.29) is 63.5 Å². The third kappa shape index (κ3) is 34.5. The first kappa shape index (κ1) is 54.8. The Morgan fingerprint density at radius 2 is 1.17 bits per heavy atom. The quantitative estimate of drug-likeness (QED) is 0.0450. The number of carboxylic acid groups (broad SMARTS) is 1. The van der Waals surface area contributed by atoms with Gasteiger partial charge in [0.2, 0.25) is 11.8 Å². The number of aromatic nitrogens is 2. The average molecular weight is 852 g/mol. The van der Waals surface area contributed by atoms with Crippen molar-refractivity contribution >= 4 is 29.4 Å². The molecule has 0 bridgehead atoms. The maximum absolute atomic E-state index is 12.3. The fourth-order valence-electron chi connectivity index (χ4n) is 6.71. The van der Waals surface area contributed by atoms with E-state index in [1.54, 1.807) is 6.20 Å². The summed E-state index contributed by atoms with van der Waals surface area (Å²) in [5, 5.41) is 15.0. The SMILES string of the molecule is CCCCCCCCCCCCCCCCCC(=O)CCCOCCOCC(=O)NCCOCCOCC(=O)NCCCC[C@H](CCC(=O)[C@@H](N)Cc1cnc[nH]1)C(=O)O. The van der Waals surface area contributed by atoms with Crippen LogP contribution in [0.3, 0.4) is 0 Å². The van der Waals surface area contributed by atoms with Crippen LogP contribution in [0.2, 0.25) is 0 Å². The molecule has 15 nitrogen and oxygen atoms in total. The number of aromatic amines is 1. The maximum Gasteiger partial charge on any atom is 0.306 e. The number of ether oxygens (including phenoxy) is 4. The summed E-state index contributed by atoms with van der Waals surface area (Å²) in [7, 11) is 0. The fourth-order valence-corrected chi connectivity index (χ4v) is 6.71. The van der Waals surface area contributed by atoms with E-state index in [0.29, 0.717) is 83.6 Å². The summed E-state index contributed by atoms with van der Waals surface area (Å²) >= 11 is 0. The number of imidazole rings is 1. The van der Waals surface area contributed by atoms with Crippen LogP contribution < -0.4 is 16.4 Å². The number of H-pyrrole nitrogens is 1. The number of ketones is 2. The van der Waals surface area contributed by atoms with Gasteiger partial charge in [0.1, 0.15) is 24.8 Å². The van der Waals surface area contributed by atoms with Crippen molar-refractivity contribution in [3.63, 3.8) is 0 Å². The number of rotatable bonds is 45. The van der Waals surface area contributed by atoms with E-state index in [2.05, 4.69) is 27.5 Å². The standard InChI is InChI=1S/C45H81N5O10/c1-2-3-4-5-6-7-8-9-10-11-12-13-14-15-16-21-40(51)22-19-27-57-29-31-59-36-44(54)49-26-28-58-30-32-60-35-43(53)48-25-18-17-20-38(45(55)56)23-24-42(52)41(46)33-39-34-47-37-50-39/h34,37-38,41H,2-33,35-36,46H2,1H3,(H,47,50)(H,48,53)(H,49,54)(H,55,56)/t38-,41+/m1/s1. The Balaban J connectivity index is 1.83. The van der Waals surface area contributed by atoms with Crippen molar-refractivity contribution in [3.8, 4) is 0 Å². The van der Waals surface area contributed by atoms with Crippen molar-refractivity contribution in [3.05, 3.63) is 18.2 Å². The smallest absolute Gasteiger partial charge is 0.306 e. The van der Waals surface area contributed by atoms with Gasteiger partial charge < -0.3 is 45.4 Å². The third-order valence-corrected chi connectivity index (χ3v) is 10.4. The number of unbranched alkanes of at least 4 members (excludes halogenated alkanes) is 15. The first-order valence-electron chi connectivity index (χ1n) is 23.1. The Morgan fingerprint density at radius 3 is 1.73 bits per heavy atom. The number of nitrogens with two attached hydrogens (primary N) is 1. The van der Waals surface area contributed by atoms with Gasteiger partial charge >= 0.3 is 5.97 Å². The summed E-state index contributed by atoms with van der Waals surface area (Å²) in [6.45, 7) is 4.67. The van der Waals surface area contributed by atoms with Crippen molar-refractivity contribution in [2.24, 2.45) is 11.7 Å². The van der Waals surface area contributed by atoms with Gasteiger partial charge in [-0.05, 0) is 32.1 Å². The van der Waals surface area contributed by atoms with Crippen molar-refractivity contribution in [2.75, 3.05) is 65.9 Å². The Bertz CT molecular complexity index is 1220. The van der Waals surface area contributed by atoms with Gasteiger partial charge in [-0.25, -0.2) is 4.98 Å². The van der Waals surface area contributed by atoms with Crippen molar-refractivity contribution in [1.82, 2.24) is 20.6 Å². The van der Waals surface area contributed by atoms with Gasteiger partial charge in [0, 0.05) is 57.3 Å². The molecule has 1 aromatic rings. The summed E-state index contributed by atoms with van der Waals surface area (Å²) in [5.74, 6) is -2.02. The number of carbonyl (C=O) groups excluding carboxylic acids is 4. The second-order valence-electron chi connectivity index (χ2n) is 15.8. The normalized spacial score (nSPS) is 12.3. The monoisotopic (exact) mass is 852 g/mol. The molecule has 0 radical (unpaired) electrons. The molecule has 15 heteroatoms. The Hall–Kier alpha value is -3.24. The van der Waals surface area contributed by atoms with E-state index >= 15 is 0 Å². The van der Waals surface area contributed by atoms with Crippen LogP contribution in [0.4, 0.5) is 0 Å². The number of nitrogens with zero attached hydrogens (tertiary/aromatic N) is 1. The molecule has 2 atom stereocenters. The lowest BCUT2D eigenvalue weighted by molar-refractivity contribution is -0.142. The summed E-state index contributed by atoms with van der Waals surface area (Å²) in [6, 6.07) is -0.709. The Morgan fingerprint density at radius 1 is 0.633 bits per heavy atom. The van der Waals surface area contributed by atoms with E-state index in [4.69, 9.17) is 24.7 Å². The average Bonchev–Trinajstić information content (AvgIpc) is 3.75. The minimum absolute atomic E-state index is 0.0799. The number of aliphatic carboxylic acids is 1. The molecule has 6 N–H and O–H groups in total. The highest BCUT2D eigenvalue weighted by atomic mass is 16.5. The van der Waals surface area contributed by atoms with Gasteiger partial charge in [-0.3, -0.25) is 24.0 Å². The van der Waals surface area contributed by atoms with Gasteiger partial charge in [0.15, 0.2) is 0 Å². The predicted octanol–water partition coefficient (Wildman–Crippen LogP) is 6.41. The maximum atomic E-state index is 12.3. The van der Waals surface area contributed by atoms with Crippen LogP contribution in [0.1, 0.15) is 160 Å². The van der Waals surface area contributed by atoms with Gasteiger partial charge in [-0.1, -0.05) is 103 Å². The first-order chi connectivity index (χ1) is 29.2. The van der Waals surface area contributed by atoms with E-state index in [1.807, 2.05) is 0 Å². The third-order valence-electron chi connectivity index (χ3n) is 10.4. The minimum Gasteiger partial charge on any atom is -0.481 e. The van der Waals surface area contributed by atoms with Gasteiger partial charge in [-0.15, -0.1) is 0 Å². The molecule has 0 aromatic carbocycles. The highest BCUT2D eigenvalue weighted by Crippen LogP contribution is 2.17. The number of hydrogen-bond donors (Lipinski definition) is 5. The van der Waals surface area contributed by atoms with Crippen LogP contribution in [-0.4, -0.2) is 116 Å².